The summed E-state index contributed by atoms with van der Waals surface area (Å²) >= 11 is 0. The zero-order chi connectivity index (χ0) is 19.2. The Bertz CT molecular complexity index is 651. The van der Waals surface area contributed by atoms with Gasteiger partial charge in [-0.15, -0.1) is 0 Å². The SMILES string of the molecule is CN1C(C)(C)CC(Oc2ccc(C(N)=O)cc2C(F)(F)F)CC1(C)C. The second-order valence-corrected chi connectivity index (χ2v) is 7.90. The van der Waals surface area contributed by atoms with Gasteiger partial charge in [0.25, 0.3) is 0 Å². The number of carbonyl (C=O) groups is 1. The molecule has 0 bridgehead atoms. The Kier molecular flexibility index (Phi) is 4.85. The quantitative estimate of drug-likeness (QED) is 0.893. The first-order valence-electron chi connectivity index (χ1n) is 8.16. The Morgan fingerprint density at radius 1 is 1.20 bits per heavy atom. The Morgan fingerprint density at radius 2 is 1.72 bits per heavy atom. The molecule has 25 heavy (non-hydrogen) atoms. The van der Waals surface area contributed by atoms with E-state index in [4.69, 9.17) is 10.5 Å². The zero-order valence-electron chi connectivity index (χ0n) is 15.2. The lowest BCUT2D eigenvalue weighted by molar-refractivity contribution is -0.140. The number of halogens is 3. The Balaban J connectivity index is 2.35. The molecule has 1 heterocycles. The zero-order valence-corrected chi connectivity index (χ0v) is 15.2. The number of nitrogens with zero attached hydrogens (tertiary/aromatic N) is 1. The van der Waals surface area contributed by atoms with E-state index in [0.717, 1.165) is 6.07 Å². The fraction of sp³-hybridized carbons (Fsp3) is 0.611. The van der Waals surface area contributed by atoms with Gasteiger partial charge in [-0.25, -0.2) is 0 Å². The summed E-state index contributed by atoms with van der Waals surface area (Å²) in [4.78, 5) is 13.4. The van der Waals surface area contributed by atoms with Crippen molar-refractivity contribution in [3.8, 4) is 5.75 Å². The number of piperidine rings is 1. The molecular formula is C18H25F3N2O2. The summed E-state index contributed by atoms with van der Waals surface area (Å²) in [7, 11) is 2.01. The molecule has 1 aliphatic heterocycles. The van der Waals surface area contributed by atoms with Crippen molar-refractivity contribution < 1.29 is 22.7 Å². The minimum Gasteiger partial charge on any atom is -0.490 e. The summed E-state index contributed by atoms with van der Waals surface area (Å²) in [6.07, 6.45) is -3.79. The largest absolute Gasteiger partial charge is 0.490 e. The lowest BCUT2D eigenvalue weighted by atomic mass is 9.78. The highest BCUT2D eigenvalue weighted by molar-refractivity contribution is 5.93. The maximum atomic E-state index is 13.4. The number of ether oxygens (including phenoxy) is 1. The van der Waals surface area contributed by atoms with E-state index in [2.05, 4.69) is 4.90 Å². The number of benzene rings is 1. The van der Waals surface area contributed by atoms with E-state index in [1.54, 1.807) is 0 Å². The van der Waals surface area contributed by atoms with Crippen LogP contribution in [0.3, 0.4) is 0 Å². The van der Waals surface area contributed by atoms with Gasteiger partial charge in [-0.2, -0.15) is 13.2 Å². The molecule has 2 N–H and O–H groups in total. The molecule has 0 atom stereocenters. The highest BCUT2D eigenvalue weighted by Crippen LogP contribution is 2.41. The number of nitrogens with two attached hydrogens (primary N) is 1. The smallest absolute Gasteiger partial charge is 0.419 e. The van der Waals surface area contributed by atoms with Crippen LogP contribution >= 0.6 is 0 Å². The van der Waals surface area contributed by atoms with Crippen LogP contribution in [0.2, 0.25) is 0 Å². The molecule has 1 amide bonds. The van der Waals surface area contributed by atoms with E-state index in [9.17, 15) is 18.0 Å². The number of hydrogen-bond acceptors (Lipinski definition) is 3. The van der Waals surface area contributed by atoms with E-state index in [1.807, 2.05) is 34.7 Å². The van der Waals surface area contributed by atoms with Crippen molar-refractivity contribution in [3.63, 3.8) is 0 Å². The van der Waals surface area contributed by atoms with Crippen molar-refractivity contribution in [2.24, 2.45) is 5.73 Å². The highest BCUT2D eigenvalue weighted by atomic mass is 19.4. The lowest BCUT2D eigenvalue weighted by Crippen LogP contribution is -2.60. The molecule has 1 aliphatic rings. The van der Waals surface area contributed by atoms with Gasteiger partial charge in [-0.05, 0) is 52.9 Å². The molecule has 1 fully saturated rings. The monoisotopic (exact) mass is 358 g/mol. The number of likely N-dealkylation sites (tertiary alicyclic amines) is 1. The molecule has 0 unspecified atom stereocenters. The first-order chi connectivity index (χ1) is 11.2. The van der Waals surface area contributed by atoms with Crippen molar-refractivity contribution in [3.05, 3.63) is 29.3 Å². The minimum absolute atomic E-state index is 0.191. The third-order valence-electron chi connectivity index (χ3n) is 5.13. The number of hydrogen-bond donors (Lipinski definition) is 1. The second-order valence-electron chi connectivity index (χ2n) is 7.90. The normalized spacial score (nSPS) is 21.1. The van der Waals surface area contributed by atoms with Gasteiger partial charge in [-0.3, -0.25) is 9.69 Å². The van der Waals surface area contributed by atoms with Crippen molar-refractivity contribution >= 4 is 5.91 Å². The summed E-state index contributed by atoms with van der Waals surface area (Å²) < 4.78 is 45.9. The molecule has 0 spiro atoms. The third-order valence-corrected chi connectivity index (χ3v) is 5.13. The number of alkyl halides is 3. The van der Waals surface area contributed by atoms with Crippen LogP contribution in [0.4, 0.5) is 13.2 Å². The molecule has 7 heteroatoms. The summed E-state index contributed by atoms with van der Waals surface area (Å²) in [6, 6.07) is 3.20. The summed E-state index contributed by atoms with van der Waals surface area (Å²) in [5.74, 6) is -1.17. The van der Waals surface area contributed by atoms with Gasteiger partial charge < -0.3 is 10.5 Å². The molecule has 0 saturated carbocycles. The molecule has 0 radical (unpaired) electrons. The summed E-state index contributed by atoms with van der Waals surface area (Å²) in [6.45, 7) is 8.19. The lowest BCUT2D eigenvalue weighted by Gasteiger charge is -2.53. The van der Waals surface area contributed by atoms with Gasteiger partial charge in [0.2, 0.25) is 5.91 Å². The first-order valence-corrected chi connectivity index (χ1v) is 8.16. The maximum Gasteiger partial charge on any atom is 0.419 e. The predicted octanol–water partition coefficient (Wildman–Crippen LogP) is 3.83. The van der Waals surface area contributed by atoms with Gasteiger partial charge in [-0.1, -0.05) is 0 Å². The van der Waals surface area contributed by atoms with Gasteiger partial charge in [0.1, 0.15) is 11.9 Å². The Hall–Kier alpha value is -1.76. The molecule has 2 rings (SSSR count). The van der Waals surface area contributed by atoms with Crippen LogP contribution in [0.5, 0.6) is 5.75 Å². The highest BCUT2D eigenvalue weighted by Gasteiger charge is 2.44. The second kappa shape index (κ2) is 6.20. The topological polar surface area (TPSA) is 55.6 Å². The van der Waals surface area contributed by atoms with Crippen molar-refractivity contribution in [2.45, 2.75) is 63.9 Å². The van der Waals surface area contributed by atoms with Crippen LogP contribution in [-0.2, 0) is 6.18 Å². The Morgan fingerprint density at radius 3 is 2.16 bits per heavy atom. The maximum absolute atomic E-state index is 13.4. The minimum atomic E-state index is -4.63. The fourth-order valence-electron chi connectivity index (χ4n) is 3.55. The van der Waals surface area contributed by atoms with E-state index in [1.165, 1.54) is 12.1 Å². The van der Waals surface area contributed by atoms with E-state index in [-0.39, 0.29) is 28.5 Å². The standard InChI is InChI=1S/C18H25F3N2O2/c1-16(2)9-12(10-17(3,4)23(16)5)25-14-7-6-11(15(22)24)8-13(14)18(19,20)21/h6-8,12H,9-10H2,1-5H3,(H2,22,24). The van der Waals surface area contributed by atoms with Gasteiger partial charge in [0, 0.05) is 29.5 Å². The average Bonchev–Trinajstić information content (AvgIpc) is 2.43. The molecule has 0 aliphatic carbocycles. The van der Waals surface area contributed by atoms with Gasteiger partial charge >= 0.3 is 6.18 Å². The summed E-state index contributed by atoms with van der Waals surface area (Å²) in [5.41, 5.74) is 3.51. The predicted molar refractivity (Wildman–Crippen MR) is 89.5 cm³/mol. The molecule has 140 valence electrons. The van der Waals surface area contributed by atoms with Gasteiger partial charge in [0.05, 0.1) is 5.56 Å². The third kappa shape index (κ3) is 4.08. The van der Waals surface area contributed by atoms with Crippen LogP contribution in [0.15, 0.2) is 18.2 Å². The molecule has 1 aromatic rings. The first kappa shape index (κ1) is 19.6. The van der Waals surface area contributed by atoms with E-state index in [0.29, 0.717) is 12.8 Å². The molecule has 0 aromatic heterocycles. The molecule has 4 nitrogen and oxygen atoms in total. The fourth-order valence-corrected chi connectivity index (χ4v) is 3.55. The number of primary amides is 1. The van der Waals surface area contributed by atoms with Gasteiger partial charge in [0.15, 0.2) is 0 Å². The van der Waals surface area contributed by atoms with Crippen molar-refractivity contribution in [1.29, 1.82) is 0 Å². The van der Waals surface area contributed by atoms with Crippen molar-refractivity contribution in [2.75, 3.05) is 7.05 Å². The van der Waals surface area contributed by atoms with Crippen LogP contribution in [0.1, 0.15) is 56.5 Å². The van der Waals surface area contributed by atoms with E-state index < -0.39 is 17.6 Å². The summed E-state index contributed by atoms with van der Waals surface area (Å²) in [5, 5.41) is 0. The van der Waals surface area contributed by atoms with Crippen LogP contribution in [0, 0.1) is 0 Å². The number of amides is 1. The van der Waals surface area contributed by atoms with Crippen LogP contribution in [0.25, 0.3) is 0 Å². The van der Waals surface area contributed by atoms with E-state index >= 15 is 0 Å². The molecule has 1 aromatic carbocycles. The van der Waals surface area contributed by atoms with Crippen molar-refractivity contribution in [1.82, 2.24) is 4.90 Å². The Labute approximate surface area is 146 Å². The average molecular weight is 358 g/mol. The number of carbonyl (C=O) groups excluding carboxylic acids is 1. The van der Waals surface area contributed by atoms with Crippen LogP contribution in [-0.4, -0.2) is 35.0 Å². The number of rotatable bonds is 3. The van der Waals surface area contributed by atoms with Crippen LogP contribution < -0.4 is 10.5 Å². The molecule has 1 saturated heterocycles. The molecular weight excluding hydrogens is 333 g/mol.